The number of halogens is 2. The van der Waals surface area contributed by atoms with Gasteiger partial charge in [-0.25, -0.2) is 4.39 Å². The largest absolute Gasteiger partial charge is 0.370 e. The summed E-state index contributed by atoms with van der Waals surface area (Å²) in [4.78, 5) is 2.15. The third-order valence-corrected chi connectivity index (χ3v) is 3.76. The average Bonchev–Trinajstić information content (AvgIpc) is 2.53. The van der Waals surface area contributed by atoms with Gasteiger partial charge in [0.2, 0.25) is 0 Å². The summed E-state index contributed by atoms with van der Waals surface area (Å²) in [5.41, 5.74) is 5.30. The molecule has 1 fully saturated rings. The molecule has 2 N–H and O–H groups in total. The van der Waals surface area contributed by atoms with Gasteiger partial charge in [0.1, 0.15) is 5.67 Å². The average molecular weight is 257 g/mol. The first-order chi connectivity index (χ1) is 8.14. The minimum atomic E-state index is -1.20. The summed E-state index contributed by atoms with van der Waals surface area (Å²) in [6.45, 7) is 1.64. The van der Waals surface area contributed by atoms with Crippen LogP contribution in [0.5, 0.6) is 0 Å². The molecule has 1 aliphatic rings. The molecule has 17 heavy (non-hydrogen) atoms. The van der Waals surface area contributed by atoms with E-state index >= 15 is 0 Å². The van der Waals surface area contributed by atoms with Crippen molar-refractivity contribution in [1.82, 2.24) is 0 Å². The van der Waals surface area contributed by atoms with Gasteiger partial charge in [-0.05, 0) is 25.0 Å². The van der Waals surface area contributed by atoms with Crippen LogP contribution in [0.2, 0.25) is 5.02 Å². The van der Waals surface area contributed by atoms with Gasteiger partial charge in [-0.2, -0.15) is 0 Å². The van der Waals surface area contributed by atoms with E-state index in [0.717, 1.165) is 23.7 Å². The third kappa shape index (κ3) is 2.90. The molecule has 1 unspecified atom stereocenters. The van der Waals surface area contributed by atoms with Gasteiger partial charge in [-0.1, -0.05) is 23.7 Å². The maximum atomic E-state index is 14.2. The summed E-state index contributed by atoms with van der Waals surface area (Å²) in [7, 11) is 0. The smallest absolute Gasteiger partial charge is 0.124 e. The second-order valence-electron chi connectivity index (χ2n) is 4.65. The molecule has 0 spiro atoms. The molecule has 0 aliphatic carbocycles. The molecule has 1 aromatic carbocycles. The number of hydrogen-bond donors (Lipinski definition) is 1. The van der Waals surface area contributed by atoms with Crippen LogP contribution in [0.1, 0.15) is 19.3 Å². The Morgan fingerprint density at radius 1 is 1.29 bits per heavy atom. The van der Waals surface area contributed by atoms with E-state index < -0.39 is 5.67 Å². The lowest BCUT2D eigenvalue weighted by atomic mass is 9.97. The molecule has 0 saturated carbocycles. The third-order valence-electron chi connectivity index (χ3n) is 3.44. The van der Waals surface area contributed by atoms with E-state index in [2.05, 4.69) is 4.90 Å². The fourth-order valence-corrected chi connectivity index (χ4v) is 2.57. The standard InChI is InChI=1S/C13H18ClFN2/c14-11-4-1-2-5-12(11)17-8-3-6-13(15,10-16)7-9-17/h1-2,4-5H,3,6-10,16H2. The quantitative estimate of drug-likeness (QED) is 0.882. The van der Waals surface area contributed by atoms with Crippen LogP contribution in [0.15, 0.2) is 24.3 Å². The lowest BCUT2D eigenvalue weighted by Crippen LogP contribution is -2.34. The van der Waals surface area contributed by atoms with Crippen LogP contribution in [0, 0.1) is 0 Å². The first kappa shape index (κ1) is 12.7. The van der Waals surface area contributed by atoms with Gasteiger partial charge in [0.25, 0.3) is 0 Å². The highest BCUT2D eigenvalue weighted by molar-refractivity contribution is 6.33. The molecule has 94 valence electrons. The van der Waals surface area contributed by atoms with Crippen LogP contribution in [-0.4, -0.2) is 25.3 Å². The first-order valence-corrected chi connectivity index (χ1v) is 6.41. The Morgan fingerprint density at radius 3 is 2.76 bits per heavy atom. The van der Waals surface area contributed by atoms with Crippen LogP contribution in [0.4, 0.5) is 10.1 Å². The van der Waals surface area contributed by atoms with Crippen molar-refractivity contribution in [1.29, 1.82) is 0 Å². The summed E-state index contributed by atoms with van der Waals surface area (Å²) in [6, 6.07) is 7.71. The number of benzene rings is 1. The van der Waals surface area contributed by atoms with E-state index in [1.54, 1.807) is 0 Å². The molecule has 0 aromatic heterocycles. The zero-order valence-electron chi connectivity index (χ0n) is 9.83. The van der Waals surface area contributed by atoms with Gasteiger partial charge >= 0.3 is 0 Å². The fraction of sp³-hybridized carbons (Fsp3) is 0.538. The number of alkyl halides is 1. The van der Waals surface area contributed by atoms with Crippen molar-refractivity contribution in [3.63, 3.8) is 0 Å². The SMILES string of the molecule is NCC1(F)CCCN(c2ccccc2Cl)CC1. The van der Waals surface area contributed by atoms with Crippen molar-refractivity contribution in [2.75, 3.05) is 24.5 Å². The highest BCUT2D eigenvalue weighted by atomic mass is 35.5. The van der Waals surface area contributed by atoms with Crippen molar-refractivity contribution >= 4 is 17.3 Å². The highest BCUT2D eigenvalue weighted by Crippen LogP contribution is 2.31. The van der Waals surface area contributed by atoms with Crippen molar-refractivity contribution in [3.8, 4) is 0 Å². The first-order valence-electron chi connectivity index (χ1n) is 6.03. The molecule has 2 nitrogen and oxygen atoms in total. The molecule has 0 bridgehead atoms. The molecule has 4 heteroatoms. The Kier molecular flexibility index (Phi) is 3.89. The second kappa shape index (κ2) is 5.23. The Hall–Kier alpha value is -0.800. The van der Waals surface area contributed by atoms with Crippen LogP contribution in [-0.2, 0) is 0 Å². The Balaban J connectivity index is 2.12. The minimum Gasteiger partial charge on any atom is -0.370 e. The number of para-hydroxylation sites is 1. The van der Waals surface area contributed by atoms with Gasteiger partial charge < -0.3 is 10.6 Å². The maximum absolute atomic E-state index is 14.2. The van der Waals surface area contributed by atoms with Crippen LogP contribution in [0.3, 0.4) is 0 Å². The molecular formula is C13H18ClFN2. The predicted molar refractivity (Wildman–Crippen MR) is 70.4 cm³/mol. The molecule has 0 amide bonds. The van der Waals surface area contributed by atoms with Crippen molar-refractivity contribution in [2.45, 2.75) is 24.9 Å². The molecule has 2 rings (SSSR count). The van der Waals surface area contributed by atoms with Crippen LogP contribution >= 0.6 is 11.6 Å². The van der Waals surface area contributed by atoms with Gasteiger partial charge in [0, 0.05) is 26.1 Å². The molecule has 1 heterocycles. The van der Waals surface area contributed by atoms with Crippen molar-refractivity contribution in [3.05, 3.63) is 29.3 Å². The number of anilines is 1. The van der Waals surface area contributed by atoms with Crippen LogP contribution < -0.4 is 10.6 Å². The van der Waals surface area contributed by atoms with Crippen LogP contribution in [0.25, 0.3) is 0 Å². The number of hydrogen-bond acceptors (Lipinski definition) is 2. The molecule has 1 atom stereocenters. The zero-order chi connectivity index (χ0) is 12.3. The van der Waals surface area contributed by atoms with Gasteiger partial charge in [0.05, 0.1) is 10.7 Å². The Morgan fingerprint density at radius 2 is 2.06 bits per heavy atom. The van der Waals surface area contributed by atoms with Gasteiger partial charge in [-0.3, -0.25) is 0 Å². The summed E-state index contributed by atoms with van der Waals surface area (Å²) < 4.78 is 14.2. The minimum absolute atomic E-state index is 0.114. The molecular weight excluding hydrogens is 239 g/mol. The highest BCUT2D eigenvalue weighted by Gasteiger charge is 2.31. The van der Waals surface area contributed by atoms with E-state index in [1.165, 1.54) is 0 Å². The number of nitrogens with two attached hydrogens (primary N) is 1. The fourth-order valence-electron chi connectivity index (χ4n) is 2.31. The topological polar surface area (TPSA) is 29.3 Å². The molecule has 1 saturated heterocycles. The Labute approximate surface area is 107 Å². The number of rotatable bonds is 2. The molecule has 1 aliphatic heterocycles. The lowest BCUT2D eigenvalue weighted by Gasteiger charge is -2.25. The molecule has 1 aromatic rings. The van der Waals surface area contributed by atoms with E-state index in [0.29, 0.717) is 19.4 Å². The zero-order valence-corrected chi connectivity index (χ0v) is 10.6. The lowest BCUT2D eigenvalue weighted by molar-refractivity contribution is 0.155. The van der Waals surface area contributed by atoms with Crippen molar-refractivity contribution in [2.24, 2.45) is 5.73 Å². The van der Waals surface area contributed by atoms with Gasteiger partial charge in [-0.15, -0.1) is 0 Å². The summed E-state index contributed by atoms with van der Waals surface area (Å²) in [6.07, 6.45) is 1.85. The number of nitrogens with zero attached hydrogens (tertiary/aromatic N) is 1. The molecule has 0 radical (unpaired) electrons. The van der Waals surface area contributed by atoms with Crippen molar-refractivity contribution < 1.29 is 4.39 Å². The van der Waals surface area contributed by atoms with E-state index in [4.69, 9.17) is 17.3 Å². The normalized spacial score (nSPS) is 25.7. The second-order valence-corrected chi connectivity index (χ2v) is 5.05. The summed E-state index contributed by atoms with van der Waals surface area (Å²) in [5, 5.41) is 0.728. The Bertz CT molecular complexity index is 385. The van der Waals surface area contributed by atoms with Gasteiger partial charge in [0.15, 0.2) is 0 Å². The maximum Gasteiger partial charge on any atom is 0.124 e. The van der Waals surface area contributed by atoms with E-state index in [-0.39, 0.29) is 6.54 Å². The van der Waals surface area contributed by atoms with E-state index in [1.807, 2.05) is 24.3 Å². The summed E-state index contributed by atoms with van der Waals surface area (Å²) in [5.74, 6) is 0. The monoisotopic (exact) mass is 256 g/mol. The summed E-state index contributed by atoms with van der Waals surface area (Å²) >= 11 is 6.16. The predicted octanol–water partition coefficient (Wildman–Crippen LogP) is 3.00. The van der Waals surface area contributed by atoms with E-state index in [9.17, 15) is 4.39 Å².